The summed E-state index contributed by atoms with van der Waals surface area (Å²) in [5.41, 5.74) is 7.08. The molecule has 0 saturated heterocycles. The van der Waals surface area contributed by atoms with Gasteiger partial charge in [-0.15, -0.1) is 11.3 Å². The van der Waals surface area contributed by atoms with Gasteiger partial charge in [-0.2, -0.15) is 0 Å². The second-order valence-corrected chi connectivity index (χ2v) is 9.89. The van der Waals surface area contributed by atoms with Crippen LogP contribution in [0.25, 0.3) is 0 Å². The fourth-order valence-corrected chi connectivity index (χ4v) is 6.45. The van der Waals surface area contributed by atoms with Crippen molar-refractivity contribution in [2.45, 2.75) is 70.9 Å². The summed E-state index contributed by atoms with van der Waals surface area (Å²) in [7, 11) is 0. The maximum absolute atomic E-state index is 12.5. The summed E-state index contributed by atoms with van der Waals surface area (Å²) >= 11 is 1.60. The van der Waals surface area contributed by atoms with E-state index in [0.29, 0.717) is 11.2 Å². The van der Waals surface area contributed by atoms with Gasteiger partial charge in [-0.1, -0.05) is 20.8 Å². The molecule has 1 amide bonds. The van der Waals surface area contributed by atoms with E-state index in [4.69, 9.17) is 5.73 Å². The fourth-order valence-electron chi connectivity index (χ4n) is 5.32. The molecular formula is C19H29N3O2S. The Labute approximate surface area is 153 Å². The number of rotatable bonds is 3. The molecule has 1 aromatic heterocycles. The van der Waals surface area contributed by atoms with E-state index in [1.165, 1.54) is 4.88 Å². The van der Waals surface area contributed by atoms with Gasteiger partial charge in [0.2, 0.25) is 5.91 Å². The SMILES string of the molecule is CC(C(=O)NC1CC1)C1CCC2(C)Cc3sc(N)nc3C(C)C2C1O. The minimum atomic E-state index is -0.468. The van der Waals surface area contributed by atoms with Gasteiger partial charge in [0.15, 0.2) is 5.13 Å². The van der Waals surface area contributed by atoms with E-state index in [0.717, 1.165) is 37.8 Å². The van der Waals surface area contributed by atoms with E-state index in [-0.39, 0.29) is 35.0 Å². The molecule has 1 aromatic rings. The summed E-state index contributed by atoms with van der Waals surface area (Å²) in [4.78, 5) is 18.3. The highest BCUT2D eigenvalue weighted by Crippen LogP contribution is 2.57. The molecular weight excluding hydrogens is 334 g/mol. The average Bonchev–Trinajstić information content (AvgIpc) is 3.27. The Balaban J connectivity index is 1.58. The molecule has 4 rings (SSSR count). The lowest BCUT2D eigenvalue weighted by Crippen LogP contribution is -2.53. The molecule has 0 aromatic carbocycles. The molecule has 25 heavy (non-hydrogen) atoms. The first-order chi connectivity index (χ1) is 11.8. The van der Waals surface area contributed by atoms with Gasteiger partial charge in [-0.05, 0) is 49.4 Å². The lowest BCUT2D eigenvalue weighted by molar-refractivity contribution is -0.134. The number of nitrogens with two attached hydrogens (primary N) is 1. The molecule has 6 heteroatoms. The smallest absolute Gasteiger partial charge is 0.223 e. The Morgan fingerprint density at radius 3 is 2.84 bits per heavy atom. The molecule has 1 heterocycles. The number of aliphatic hydroxyl groups is 1. The van der Waals surface area contributed by atoms with Crippen molar-refractivity contribution >= 4 is 22.4 Å². The Kier molecular flexibility index (Phi) is 4.11. The highest BCUT2D eigenvalue weighted by molar-refractivity contribution is 7.15. The minimum Gasteiger partial charge on any atom is -0.392 e. The van der Waals surface area contributed by atoms with Crippen molar-refractivity contribution in [3.8, 4) is 0 Å². The summed E-state index contributed by atoms with van der Waals surface area (Å²) in [5, 5.41) is 15.0. The molecule has 6 unspecified atom stereocenters. The third kappa shape index (κ3) is 2.87. The molecule has 6 atom stereocenters. The molecule has 0 aliphatic heterocycles. The number of nitrogen functional groups attached to an aromatic ring is 1. The first-order valence-corrected chi connectivity index (χ1v) is 10.4. The van der Waals surface area contributed by atoms with Crippen LogP contribution in [-0.2, 0) is 11.2 Å². The van der Waals surface area contributed by atoms with Gasteiger partial charge >= 0.3 is 0 Å². The van der Waals surface area contributed by atoms with Crippen molar-refractivity contribution < 1.29 is 9.90 Å². The van der Waals surface area contributed by atoms with Crippen molar-refractivity contribution in [1.29, 1.82) is 0 Å². The Morgan fingerprint density at radius 2 is 2.16 bits per heavy atom. The Hall–Kier alpha value is -1.14. The monoisotopic (exact) mass is 363 g/mol. The summed E-state index contributed by atoms with van der Waals surface area (Å²) in [6.07, 6.45) is 4.61. The van der Waals surface area contributed by atoms with E-state index in [1.54, 1.807) is 11.3 Å². The first-order valence-electron chi connectivity index (χ1n) is 9.53. The number of nitrogens with one attached hydrogen (secondary N) is 1. The van der Waals surface area contributed by atoms with Crippen LogP contribution in [0.2, 0.25) is 0 Å². The number of aliphatic hydroxyl groups excluding tert-OH is 1. The quantitative estimate of drug-likeness (QED) is 0.770. The zero-order valence-corrected chi connectivity index (χ0v) is 16.1. The van der Waals surface area contributed by atoms with Crippen LogP contribution in [0.3, 0.4) is 0 Å². The third-order valence-corrected chi connectivity index (χ3v) is 7.82. The minimum absolute atomic E-state index is 0.0248. The summed E-state index contributed by atoms with van der Waals surface area (Å²) in [5.74, 6) is 0.304. The number of nitrogens with zero attached hydrogens (tertiary/aromatic N) is 1. The number of amides is 1. The number of anilines is 1. The van der Waals surface area contributed by atoms with Gasteiger partial charge in [-0.25, -0.2) is 4.98 Å². The van der Waals surface area contributed by atoms with E-state index in [2.05, 4.69) is 24.1 Å². The maximum atomic E-state index is 12.5. The van der Waals surface area contributed by atoms with Crippen molar-refractivity contribution in [2.75, 3.05) is 5.73 Å². The van der Waals surface area contributed by atoms with Crippen LogP contribution in [0.1, 0.15) is 62.9 Å². The number of thiazole rings is 1. The molecule has 4 N–H and O–H groups in total. The van der Waals surface area contributed by atoms with Gasteiger partial charge in [-0.3, -0.25) is 4.79 Å². The van der Waals surface area contributed by atoms with E-state index >= 15 is 0 Å². The van der Waals surface area contributed by atoms with Crippen LogP contribution < -0.4 is 11.1 Å². The summed E-state index contributed by atoms with van der Waals surface area (Å²) in [6.45, 7) is 6.44. The second-order valence-electron chi connectivity index (χ2n) is 8.77. The zero-order valence-electron chi connectivity index (χ0n) is 15.3. The molecule has 5 nitrogen and oxygen atoms in total. The topological polar surface area (TPSA) is 88.2 Å². The summed E-state index contributed by atoms with van der Waals surface area (Å²) < 4.78 is 0. The number of carbonyl (C=O) groups excluding carboxylic acids is 1. The predicted molar refractivity (Wildman–Crippen MR) is 99.3 cm³/mol. The molecule has 2 fully saturated rings. The maximum Gasteiger partial charge on any atom is 0.223 e. The van der Waals surface area contributed by atoms with Gasteiger partial charge in [0, 0.05) is 22.8 Å². The zero-order chi connectivity index (χ0) is 17.9. The van der Waals surface area contributed by atoms with Gasteiger partial charge in [0.05, 0.1) is 11.8 Å². The van der Waals surface area contributed by atoms with Crippen molar-refractivity contribution in [3.63, 3.8) is 0 Å². The van der Waals surface area contributed by atoms with E-state index in [9.17, 15) is 9.90 Å². The number of aromatic nitrogens is 1. The van der Waals surface area contributed by atoms with Crippen molar-refractivity contribution in [3.05, 3.63) is 10.6 Å². The lowest BCUT2D eigenvalue weighted by Gasteiger charge is -2.53. The molecule has 3 aliphatic rings. The highest BCUT2D eigenvalue weighted by Gasteiger charge is 2.53. The highest BCUT2D eigenvalue weighted by atomic mass is 32.1. The standard InChI is InChI=1S/C19H29N3O2S/c1-9(17(24)21-11-4-5-11)12-6-7-19(3)8-13-15(22-18(20)25-13)10(2)14(19)16(12)23/h9-12,14,16,23H,4-8H2,1-3H3,(H2,20,22)(H,21,24). The molecule has 138 valence electrons. The van der Waals surface area contributed by atoms with Crippen LogP contribution in [-0.4, -0.2) is 28.1 Å². The van der Waals surface area contributed by atoms with E-state index in [1.807, 2.05) is 6.92 Å². The largest absolute Gasteiger partial charge is 0.392 e. The fraction of sp³-hybridized carbons (Fsp3) is 0.789. The predicted octanol–water partition coefficient (Wildman–Crippen LogP) is 2.69. The van der Waals surface area contributed by atoms with Crippen LogP contribution in [0, 0.1) is 23.2 Å². The number of fused-ring (bicyclic) bond motifs is 2. The van der Waals surface area contributed by atoms with Crippen LogP contribution >= 0.6 is 11.3 Å². The average molecular weight is 364 g/mol. The third-order valence-electron chi connectivity index (χ3n) is 6.92. The normalized spacial score (nSPS) is 38.6. The lowest BCUT2D eigenvalue weighted by atomic mass is 9.53. The molecule has 2 saturated carbocycles. The van der Waals surface area contributed by atoms with E-state index < -0.39 is 6.10 Å². The molecule has 0 bridgehead atoms. The number of hydrogen-bond acceptors (Lipinski definition) is 5. The second kappa shape index (κ2) is 5.95. The summed E-state index contributed by atoms with van der Waals surface area (Å²) in [6, 6.07) is 0.370. The van der Waals surface area contributed by atoms with Crippen LogP contribution in [0.4, 0.5) is 5.13 Å². The van der Waals surface area contributed by atoms with Gasteiger partial charge in [0.1, 0.15) is 0 Å². The molecule has 3 aliphatic carbocycles. The Morgan fingerprint density at radius 1 is 1.44 bits per heavy atom. The first kappa shape index (κ1) is 17.3. The van der Waals surface area contributed by atoms with Crippen LogP contribution in [0.15, 0.2) is 0 Å². The molecule has 0 spiro atoms. The van der Waals surface area contributed by atoms with Gasteiger partial charge < -0.3 is 16.2 Å². The Bertz CT molecular complexity index is 686. The molecule has 0 radical (unpaired) electrons. The van der Waals surface area contributed by atoms with Crippen LogP contribution in [0.5, 0.6) is 0 Å². The number of hydrogen-bond donors (Lipinski definition) is 3. The number of carbonyl (C=O) groups is 1. The van der Waals surface area contributed by atoms with Crippen molar-refractivity contribution in [2.24, 2.45) is 23.2 Å². The van der Waals surface area contributed by atoms with Crippen molar-refractivity contribution in [1.82, 2.24) is 10.3 Å². The van der Waals surface area contributed by atoms with Gasteiger partial charge in [0.25, 0.3) is 0 Å².